The monoisotopic (exact) mass is 344 g/mol. The van der Waals surface area contributed by atoms with Gasteiger partial charge in [0.15, 0.2) is 0 Å². The zero-order valence-corrected chi connectivity index (χ0v) is 15.0. The highest BCUT2D eigenvalue weighted by Crippen LogP contribution is 2.15. The Labute approximate surface area is 147 Å². The minimum Gasteiger partial charge on any atom is -0.444 e. The number of rotatable bonds is 5. The first kappa shape index (κ1) is 18.5. The van der Waals surface area contributed by atoms with Gasteiger partial charge in [-0.2, -0.15) is 0 Å². The van der Waals surface area contributed by atoms with Crippen molar-refractivity contribution in [1.82, 2.24) is 20.2 Å². The number of aromatic nitrogens is 2. The van der Waals surface area contributed by atoms with E-state index in [2.05, 4.69) is 15.3 Å². The van der Waals surface area contributed by atoms with Gasteiger partial charge in [0.05, 0.1) is 0 Å². The van der Waals surface area contributed by atoms with Crippen LogP contribution in [0.2, 0.25) is 0 Å². The predicted octanol–water partition coefficient (Wildman–Crippen LogP) is 2.56. The second-order valence-electron chi connectivity index (χ2n) is 6.75. The molecule has 1 aromatic heterocycles. The Balaban J connectivity index is 1.80. The summed E-state index contributed by atoms with van der Waals surface area (Å²) >= 11 is 0. The molecule has 0 aliphatic rings. The molecule has 1 heterocycles. The molecule has 7 nitrogen and oxygen atoms in total. The second kappa shape index (κ2) is 7.83. The molecule has 7 heteroatoms. The second-order valence-corrected chi connectivity index (χ2v) is 6.75. The van der Waals surface area contributed by atoms with E-state index in [0.717, 1.165) is 17.0 Å². The van der Waals surface area contributed by atoms with Gasteiger partial charge >= 0.3 is 6.09 Å². The van der Waals surface area contributed by atoms with Crippen molar-refractivity contribution in [1.29, 1.82) is 0 Å². The van der Waals surface area contributed by atoms with Crippen LogP contribution in [0.5, 0.6) is 0 Å². The molecular formula is C18H24N4O3. The quantitative estimate of drug-likeness (QED) is 0.873. The number of carbonyl (C=O) groups is 2. The van der Waals surface area contributed by atoms with Crippen LogP contribution in [-0.4, -0.2) is 46.1 Å². The largest absolute Gasteiger partial charge is 0.444 e. The van der Waals surface area contributed by atoms with Crippen molar-refractivity contribution in [2.75, 3.05) is 13.6 Å². The fraction of sp³-hybridized carbons (Fsp3) is 0.389. The molecule has 134 valence electrons. The molecule has 0 unspecified atom stereocenters. The molecular weight excluding hydrogens is 320 g/mol. The third-order valence-corrected chi connectivity index (χ3v) is 3.30. The summed E-state index contributed by atoms with van der Waals surface area (Å²) in [6, 6.07) is 7.73. The zero-order valence-electron chi connectivity index (χ0n) is 15.0. The van der Waals surface area contributed by atoms with Crippen LogP contribution in [0.3, 0.4) is 0 Å². The average Bonchev–Trinajstić information content (AvgIpc) is 3.06. The van der Waals surface area contributed by atoms with E-state index in [1.165, 1.54) is 11.9 Å². The molecule has 2 rings (SSSR count). The highest BCUT2D eigenvalue weighted by atomic mass is 16.6. The molecule has 0 radical (unpaired) electrons. The van der Waals surface area contributed by atoms with E-state index in [1.54, 1.807) is 33.2 Å². The number of nitrogens with zero attached hydrogens (tertiary/aromatic N) is 2. The summed E-state index contributed by atoms with van der Waals surface area (Å²) in [7, 11) is 1.53. The molecule has 0 aliphatic heterocycles. The van der Waals surface area contributed by atoms with E-state index < -0.39 is 11.7 Å². The normalized spacial score (nSPS) is 11.0. The van der Waals surface area contributed by atoms with Crippen LogP contribution >= 0.6 is 0 Å². The number of hydrogen-bond acceptors (Lipinski definition) is 4. The van der Waals surface area contributed by atoms with Crippen LogP contribution in [0.1, 0.15) is 26.3 Å². The fourth-order valence-corrected chi connectivity index (χ4v) is 2.08. The van der Waals surface area contributed by atoms with Crippen LogP contribution < -0.4 is 5.32 Å². The molecule has 2 aromatic rings. The van der Waals surface area contributed by atoms with Gasteiger partial charge in [0.25, 0.3) is 0 Å². The Morgan fingerprint density at radius 2 is 1.92 bits per heavy atom. The Hall–Kier alpha value is -2.83. The summed E-state index contributed by atoms with van der Waals surface area (Å²) in [5.41, 5.74) is 1.35. The lowest BCUT2D eigenvalue weighted by atomic mass is 10.1. The van der Waals surface area contributed by atoms with Crippen LogP contribution in [0.15, 0.2) is 36.7 Å². The number of nitrogens with one attached hydrogen (secondary N) is 2. The van der Waals surface area contributed by atoms with Crippen molar-refractivity contribution in [3.63, 3.8) is 0 Å². The maximum absolute atomic E-state index is 12.0. The SMILES string of the molecule is CN(CC(=O)NCc1ccc(-c2ncc[nH]2)cc1)C(=O)OC(C)(C)C. The van der Waals surface area contributed by atoms with Crippen molar-refractivity contribution in [2.45, 2.75) is 32.9 Å². The lowest BCUT2D eigenvalue weighted by molar-refractivity contribution is -0.122. The Kier molecular flexibility index (Phi) is 5.80. The fourth-order valence-electron chi connectivity index (χ4n) is 2.08. The predicted molar refractivity (Wildman–Crippen MR) is 94.7 cm³/mol. The van der Waals surface area contributed by atoms with Crippen LogP contribution in [0.25, 0.3) is 11.4 Å². The minimum atomic E-state index is -0.586. The number of imidazole rings is 1. The molecule has 2 N–H and O–H groups in total. The Morgan fingerprint density at radius 3 is 2.48 bits per heavy atom. The van der Waals surface area contributed by atoms with Crippen molar-refractivity contribution in [3.8, 4) is 11.4 Å². The number of hydrogen-bond donors (Lipinski definition) is 2. The first-order chi connectivity index (χ1) is 11.7. The highest BCUT2D eigenvalue weighted by molar-refractivity contribution is 5.82. The van der Waals surface area contributed by atoms with Crippen molar-refractivity contribution < 1.29 is 14.3 Å². The zero-order chi connectivity index (χ0) is 18.4. The number of carbonyl (C=O) groups excluding carboxylic acids is 2. The average molecular weight is 344 g/mol. The van der Waals surface area contributed by atoms with E-state index in [4.69, 9.17) is 4.74 Å². The molecule has 0 saturated carbocycles. The third kappa shape index (κ3) is 5.95. The molecule has 2 amide bonds. The lowest BCUT2D eigenvalue weighted by Crippen LogP contribution is -2.40. The van der Waals surface area contributed by atoms with Gasteiger partial charge in [-0.3, -0.25) is 4.79 Å². The third-order valence-electron chi connectivity index (χ3n) is 3.30. The van der Waals surface area contributed by atoms with E-state index in [-0.39, 0.29) is 12.5 Å². The number of aromatic amines is 1. The van der Waals surface area contributed by atoms with E-state index in [9.17, 15) is 9.59 Å². The summed E-state index contributed by atoms with van der Waals surface area (Å²) in [6.07, 6.45) is 2.94. The topological polar surface area (TPSA) is 87.3 Å². The van der Waals surface area contributed by atoms with Crippen molar-refractivity contribution >= 4 is 12.0 Å². The highest BCUT2D eigenvalue weighted by Gasteiger charge is 2.20. The maximum atomic E-state index is 12.0. The summed E-state index contributed by atoms with van der Waals surface area (Å²) in [5.74, 6) is 0.554. The lowest BCUT2D eigenvalue weighted by Gasteiger charge is -2.24. The van der Waals surface area contributed by atoms with Gasteiger partial charge in [0.2, 0.25) is 5.91 Å². The molecule has 0 fully saturated rings. The standard InChI is InChI=1S/C18H24N4O3/c1-18(2,3)25-17(24)22(4)12-15(23)21-11-13-5-7-14(8-6-13)16-19-9-10-20-16/h5-10H,11-12H2,1-4H3,(H,19,20)(H,21,23). The van der Waals surface area contributed by atoms with Gasteiger partial charge < -0.3 is 19.9 Å². The molecule has 25 heavy (non-hydrogen) atoms. The van der Waals surface area contributed by atoms with Crippen LogP contribution in [0.4, 0.5) is 4.79 Å². The Bertz CT molecular complexity index is 703. The first-order valence-corrected chi connectivity index (χ1v) is 8.04. The van der Waals surface area contributed by atoms with Crippen LogP contribution in [0, 0.1) is 0 Å². The van der Waals surface area contributed by atoms with Gasteiger partial charge in [-0.1, -0.05) is 24.3 Å². The maximum Gasteiger partial charge on any atom is 0.410 e. The van der Waals surface area contributed by atoms with E-state index in [0.29, 0.717) is 6.54 Å². The molecule has 0 atom stereocenters. The number of benzene rings is 1. The number of amides is 2. The summed E-state index contributed by atoms with van der Waals surface area (Å²) in [6.45, 7) is 5.68. The van der Waals surface area contributed by atoms with Crippen molar-refractivity contribution in [3.05, 3.63) is 42.2 Å². The molecule has 0 saturated heterocycles. The number of H-pyrrole nitrogens is 1. The smallest absolute Gasteiger partial charge is 0.410 e. The Morgan fingerprint density at radius 1 is 1.24 bits per heavy atom. The van der Waals surface area contributed by atoms with Crippen LogP contribution in [-0.2, 0) is 16.1 Å². The summed E-state index contributed by atoms with van der Waals surface area (Å²) in [5, 5.41) is 2.79. The number of likely N-dealkylation sites (N-methyl/N-ethyl adjacent to an activating group) is 1. The van der Waals surface area contributed by atoms with Gasteiger partial charge in [0, 0.05) is 31.5 Å². The summed E-state index contributed by atoms with van der Waals surface area (Å²) < 4.78 is 5.21. The molecule has 1 aromatic carbocycles. The van der Waals surface area contributed by atoms with E-state index in [1.807, 2.05) is 24.3 Å². The molecule has 0 spiro atoms. The van der Waals surface area contributed by atoms with E-state index >= 15 is 0 Å². The first-order valence-electron chi connectivity index (χ1n) is 8.04. The minimum absolute atomic E-state index is 0.0562. The molecule has 0 aliphatic carbocycles. The van der Waals surface area contributed by atoms with Gasteiger partial charge in [-0.05, 0) is 26.3 Å². The number of ether oxygens (including phenoxy) is 1. The van der Waals surface area contributed by atoms with Gasteiger partial charge in [-0.15, -0.1) is 0 Å². The van der Waals surface area contributed by atoms with Gasteiger partial charge in [-0.25, -0.2) is 9.78 Å². The molecule has 0 bridgehead atoms. The van der Waals surface area contributed by atoms with Crippen molar-refractivity contribution in [2.24, 2.45) is 0 Å². The van der Waals surface area contributed by atoms with Gasteiger partial charge in [0.1, 0.15) is 18.0 Å². The summed E-state index contributed by atoms with van der Waals surface area (Å²) in [4.78, 5) is 32.3.